The summed E-state index contributed by atoms with van der Waals surface area (Å²) in [6.45, 7) is 4.90. The van der Waals surface area contributed by atoms with E-state index in [9.17, 15) is 4.39 Å². The van der Waals surface area contributed by atoms with Gasteiger partial charge in [0.25, 0.3) is 0 Å². The molecule has 0 aliphatic heterocycles. The highest BCUT2D eigenvalue weighted by Gasteiger charge is 2.20. The zero-order valence-corrected chi connectivity index (χ0v) is 10.5. The summed E-state index contributed by atoms with van der Waals surface area (Å²) in [5.41, 5.74) is 1.21. The van der Waals surface area contributed by atoms with Crippen LogP contribution in [0.1, 0.15) is 12.0 Å². The minimum absolute atomic E-state index is 0.173. The first-order valence-electron chi connectivity index (χ1n) is 5.39. The van der Waals surface area contributed by atoms with Gasteiger partial charge in [0.15, 0.2) is 0 Å². The van der Waals surface area contributed by atoms with Gasteiger partial charge in [-0.25, -0.2) is 4.39 Å². The molecule has 0 aromatic heterocycles. The van der Waals surface area contributed by atoms with Crippen LogP contribution in [0.15, 0.2) is 24.3 Å². The van der Waals surface area contributed by atoms with Gasteiger partial charge < -0.3 is 5.11 Å². The summed E-state index contributed by atoms with van der Waals surface area (Å²) in [4.78, 5) is 0. The van der Waals surface area contributed by atoms with Crippen molar-refractivity contribution < 1.29 is 9.50 Å². The van der Waals surface area contributed by atoms with Gasteiger partial charge in [-0.05, 0) is 24.6 Å². The lowest BCUT2D eigenvalue weighted by Crippen LogP contribution is -2.29. The second-order valence-corrected chi connectivity index (χ2v) is 9.98. The van der Waals surface area contributed by atoms with Crippen LogP contribution in [0.2, 0.25) is 19.1 Å². The Morgan fingerprint density at radius 2 is 1.80 bits per heavy atom. The summed E-state index contributed by atoms with van der Waals surface area (Å²) in [6.07, 6.45) is 0.889. The van der Waals surface area contributed by atoms with E-state index in [-0.39, 0.29) is 12.4 Å². The molecule has 1 rings (SSSR count). The molecule has 1 aromatic rings. The first-order chi connectivity index (χ1) is 7.03. The molecule has 0 aliphatic rings. The van der Waals surface area contributed by atoms with Crippen molar-refractivity contribution >= 4 is 8.07 Å². The van der Waals surface area contributed by atoms with Crippen molar-refractivity contribution in [3.05, 3.63) is 35.6 Å². The summed E-state index contributed by atoms with van der Waals surface area (Å²) in [7, 11) is -1.26. The van der Waals surface area contributed by atoms with Gasteiger partial charge in [-0.15, -0.1) is 0 Å². The van der Waals surface area contributed by atoms with E-state index in [4.69, 9.17) is 5.11 Å². The Morgan fingerprint density at radius 1 is 1.20 bits per heavy atom. The number of hydrogen-bond donors (Lipinski definition) is 1. The molecular formula is C12H19FOSi. The number of aliphatic hydroxyl groups excluding tert-OH is 1. The predicted molar refractivity (Wildman–Crippen MR) is 64.1 cm³/mol. The number of benzene rings is 1. The molecule has 0 atom stereocenters. The van der Waals surface area contributed by atoms with Gasteiger partial charge in [0.1, 0.15) is 5.82 Å². The third-order valence-electron chi connectivity index (χ3n) is 2.61. The Balaban J connectivity index is 2.56. The van der Waals surface area contributed by atoms with Gasteiger partial charge in [-0.1, -0.05) is 36.8 Å². The maximum absolute atomic E-state index is 12.7. The van der Waals surface area contributed by atoms with Crippen LogP contribution < -0.4 is 0 Å². The highest BCUT2D eigenvalue weighted by Crippen LogP contribution is 2.18. The average molecular weight is 226 g/mol. The Labute approximate surface area is 92.0 Å². The maximum atomic E-state index is 12.7. The van der Waals surface area contributed by atoms with Crippen LogP contribution in [0.25, 0.3) is 0 Å². The topological polar surface area (TPSA) is 20.2 Å². The molecular weight excluding hydrogens is 207 g/mol. The molecule has 0 bridgehead atoms. The lowest BCUT2D eigenvalue weighted by molar-refractivity contribution is 0.294. The molecule has 0 unspecified atom stereocenters. The van der Waals surface area contributed by atoms with Gasteiger partial charge in [0, 0.05) is 6.61 Å². The van der Waals surface area contributed by atoms with E-state index < -0.39 is 8.07 Å². The second kappa shape index (κ2) is 5.42. The first-order valence-corrected chi connectivity index (χ1v) is 8.80. The molecule has 0 fully saturated rings. The van der Waals surface area contributed by atoms with Gasteiger partial charge in [0.05, 0.1) is 8.07 Å². The van der Waals surface area contributed by atoms with E-state index in [0.717, 1.165) is 18.5 Å². The van der Waals surface area contributed by atoms with Crippen LogP contribution in [-0.2, 0) is 6.04 Å². The fourth-order valence-electron chi connectivity index (χ4n) is 1.80. The monoisotopic (exact) mass is 226 g/mol. The fourth-order valence-corrected chi connectivity index (χ4v) is 4.43. The molecule has 84 valence electrons. The minimum atomic E-state index is -1.26. The summed E-state index contributed by atoms with van der Waals surface area (Å²) in [5.74, 6) is -0.173. The standard InChI is InChI=1S/C12H19FOSi/c1-15(2,9-3-8-14)10-11-4-6-12(13)7-5-11/h4-7,14H,3,8-10H2,1-2H3. The Bertz CT molecular complexity index is 295. The molecule has 0 amide bonds. The molecule has 3 heteroatoms. The quantitative estimate of drug-likeness (QED) is 0.765. The third-order valence-corrected chi connectivity index (χ3v) is 5.68. The second-order valence-electron chi connectivity index (χ2n) is 4.79. The smallest absolute Gasteiger partial charge is 0.123 e. The van der Waals surface area contributed by atoms with Crippen LogP contribution in [0.4, 0.5) is 4.39 Å². The number of hydrogen-bond acceptors (Lipinski definition) is 1. The van der Waals surface area contributed by atoms with E-state index in [2.05, 4.69) is 13.1 Å². The number of rotatable bonds is 5. The van der Waals surface area contributed by atoms with E-state index >= 15 is 0 Å². The largest absolute Gasteiger partial charge is 0.396 e. The first kappa shape index (κ1) is 12.4. The Morgan fingerprint density at radius 3 is 2.33 bits per heavy atom. The lowest BCUT2D eigenvalue weighted by Gasteiger charge is -2.21. The molecule has 1 N–H and O–H groups in total. The molecule has 0 saturated carbocycles. The summed E-state index contributed by atoms with van der Waals surface area (Å²) in [6, 6.07) is 8.96. The average Bonchev–Trinajstić information content (AvgIpc) is 2.18. The minimum Gasteiger partial charge on any atom is -0.396 e. The normalized spacial score (nSPS) is 11.7. The van der Waals surface area contributed by atoms with Crippen molar-refractivity contribution in [1.29, 1.82) is 0 Å². The van der Waals surface area contributed by atoms with Crippen molar-refractivity contribution in [2.24, 2.45) is 0 Å². The van der Waals surface area contributed by atoms with Crippen LogP contribution >= 0.6 is 0 Å². The molecule has 0 radical (unpaired) electrons. The Hall–Kier alpha value is -0.673. The summed E-state index contributed by atoms with van der Waals surface area (Å²) < 4.78 is 12.7. The van der Waals surface area contributed by atoms with Crippen LogP contribution in [-0.4, -0.2) is 19.8 Å². The van der Waals surface area contributed by atoms with Gasteiger partial charge >= 0.3 is 0 Å². The molecule has 0 spiro atoms. The molecule has 1 nitrogen and oxygen atoms in total. The van der Waals surface area contributed by atoms with Crippen molar-refractivity contribution in [3.8, 4) is 0 Å². The summed E-state index contributed by atoms with van der Waals surface area (Å²) in [5, 5.41) is 8.80. The SMILES string of the molecule is C[Si](C)(CCCO)Cc1ccc(F)cc1. The highest BCUT2D eigenvalue weighted by molar-refractivity contribution is 6.76. The van der Waals surface area contributed by atoms with Gasteiger partial charge in [-0.2, -0.15) is 0 Å². The van der Waals surface area contributed by atoms with Crippen molar-refractivity contribution in [3.63, 3.8) is 0 Å². The molecule has 0 heterocycles. The molecule has 0 aliphatic carbocycles. The van der Waals surface area contributed by atoms with Crippen molar-refractivity contribution in [2.75, 3.05) is 6.61 Å². The summed E-state index contributed by atoms with van der Waals surface area (Å²) >= 11 is 0. The van der Waals surface area contributed by atoms with E-state index in [0.29, 0.717) is 0 Å². The maximum Gasteiger partial charge on any atom is 0.123 e. The highest BCUT2D eigenvalue weighted by atomic mass is 28.3. The van der Waals surface area contributed by atoms with Crippen molar-refractivity contribution in [1.82, 2.24) is 0 Å². The van der Waals surface area contributed by atoms with E-state index in [1.807, 2.05) is 12.1 Å². The van der Waals surface area contributed by atoms with E-state index in [1.54, 1.807) is 0 Å². The van der Waals surface area contributed by atoms with Crippen molar-refractivity contribution in [2.45, 2.75) is 31.6 Å². The zero-order valence-electron chi connectivity index (χ0n) is 9.46. The molecule has 15 heavy (non-hydrogen) atoms. The fraction of sp³-hybridized carbons (Fsp3) is 0.500. The van der Waals surface area contributed by atoms with Gasteiger partial charge in [-0.3, -0.25) is 0 Å². The third kappa shape index (κ3) is 4.58. The van der Waals surface area contributed by atoms with Crippen LogP contribution in [0.3, 0.4) is 0 Å². The zero-order chi connectivity index (χ0) is 11.3. The molecule has 1 aromatic carbocycles. The van der Waals surface area contributed by atoms with E-state index in [1.165, 1.54) is 17.7 Å². The predicted octanol–water partition coefficient (Wildman–Crippen LogP) is 3.00. The number of aliphatic hydroxyl groups is 1. The number of halogens is 1. The molecule has 0 saturated heterocycles. The van der Waals surface area contributed by atoms with Crippen LogP contribution in [0, 0.1) is 5.82 Å². The van der Waals surface area contributed by atoms with Crippen LogP contribution in [0.5, 0.6) is 0 Å². The lowest BCUT2D eigenvalue weighted by atomic mass is 10.2. The van der Waals surface area contributed by atoms with Gasteiger partial charge in [0.2, 0.25) is 0 Å². The Kier molecular flexibility index (Phi) is 4.48.